The lowest BCUT2D eigenvalue weighted by Gasteiger charge is -2.26. The second-order valence-corrected chi connectivity index (χ2v) is 9.93. The molecule has 0 atom stereocenters. The molecule has 0 aromatic heterocycles. The molecule has 1 saturated heterocycles. The fourth-order valence-electron chi connectivity index (χ4n) is 3.96. The smallest absolute Gasteiger partial charge is 0.243 e. The van der Waals surface area contributed by atoms with E-state index in [-0.39, 0.29) is 17.2 Å². The molecule has 0 bridgehead atoms. The number of sulfonamides is 1. The van der Waals surface area contributed by atoms with E-state index in [4.69, 9.17) is 14.2 Å². The average molecular weight is 477 g/mol. The number of anilines is 1. The number of carbonyl (C=O) groups excluding carboxylic acids is 1. The lowest BCUT2D eigenvalue weighted by atomic mass is 10.1. The molecular formula is C24H32N2O6S. The van der Waals surface area contributed by atoms with Crippen molar-refractivity contribution in [3.05, 3.63) is 41.5 Å². The van der Waals surface area contributed by atoms with Gasteiger partial charge in [-0.3, -0.25) is 4.79 Å². The highest BCUT2D eigenvalue weighted by atomic mass is 32.2. The van der Waals surface area contributed by atoms with Crippen LogP contribution in [0.1, 0.15) is 36.8 Å². The number of methoxy groups -OCH3 is 3. The van der Waals surface area contributed by atoms with Gasteiger partial charge in [0.05, 0.1) is 26.2 Å². The summed E-state index contributed by atoms with van der Waals surface area (Å²) in [6.07, 6.45) is 3.45. The van der Waals surface area contributed by atoms with Gasteiger partial charge >= 0.3 is 0 Å². The van der Waals surface area contributed by atoms with E-state index in [1.54, 1.807) is 39.3 Å². The number of nitrogens with zero attached hydrogens (tertiary/aromatic N) is 1. The molecule has 0 saturated carbocycles. The Balaban J connectivity index is 1.71. The van der Waals surface area contributed by atoms with Crippen LogP contribution in [0.15, 0.2) is 35.2 Å². The second-order valence-electron chi connectivity index (χ2n) is 8.03. The van der Waals surface area contributed by atoms with Crippen LogP contribution in [-0.4, -0.2) is 53.0 Å². The molecule has 0 radical (unpaired) electrons. The van der Waals surface area contributed by atoms with E-state index in [0.29, 0.717) is 48.0 Å². The Morgan fingerprint density at radius 1 is 0.970 bits per heavy atom. The third-order valence-electron chi connectivity index (χ3n) is 5.77. The van der Waals surface area contributed by atoms with Crippen molar-refractivity contribution in [2.24, 2.45) is 0 Å². The van der Waals surface area contributed by atoms with Gasteiger partial charge in [0.25, 0.3) is 0 Å². The van der Waals surface area contributed by atoms with Gasteiger partial charge in [0.15, 0.2) is 11.5 Å². The third-order valence-corrected chi connectivity index (χ3v) is 7.81. The first-order valence-electron chi connectivity index (χ1n) is 11.0. The van der Waals surface area contributed by atoms with Gasteiger partial charge in [-0.1, -0.05) is 12.5 Å². The standard InChI is InChI=1S/C24H32N2O6S/c1-17-8-10-19(16-22(17)33(28,29)26-12-6-5-7-13-26)25-23(27)11-9-18-14-20(30-2)24(32-4)21(15-18)31-3/h8,10,14-16H,5-7,9,11-13H2,1-4H3,(H,25,27). The zero-order valence-corrected chi connectivity index (χ0v) is 20.5. The van der Waals surface area contributed by atoms with E-state index >= 15 is 0 Å². The van der Waals surface area contributed by atoms with Gasteiger partial charge in [0.1, 0.15) is 0 Å². The van der Waals surface area contributed by atoms with Gasteiger partial charge in [0, 0.05) is 25.2 Å². The van der Waals surface area contributed by atoms with Gasteiger partial charge in [0.2, 0.25) is 21.7 Å². The first kappa shape index (κ1) is 24.9. The van der Waals surface area contributed by atoms with E-state index in [9.17, 15) is 13.2 Å². The van der Waals surface area contributed by atoms with Crippen LogP contribution in [0.5, 0.6) is 17.2 Å². The highest BCUT2D eigenvalue weighted by Crippen LogP contribution is 2.38. The van der Waals surface area contributed by atoms with Crippen molar-refractivity contribution < 1.29 is 27.4 Å². The maximum absolute atomic E-state index is 13.1. The van der Waals surface area contributed by atoms with Gasteiger partial charge in [-0.25, -0.2) is 8.42 Å². The molecule has 1 N–H and O–H groups in total. The topological polar surface area (TPSA) is 94.2 Å². The van der Waals surface area contributed by atoms with Gasteiger partial charge in [-0.05, 0) is 61.6 Å². The number of piperidine rings is 1. The van der Waals surface area contributed by atoms with Crippen molar-refractivity contribution in [1.82, 2.24) is 4.31 Å². The Morgan fingerprint density at radius 2 is 1.61 bits per heavy atom. The Kier molecular flexibility index (Phi) is 8.20. The highest BCUT2D eigenvalue weighted by Gasteiger charge is 2.27. The molecule has 2 aromatic rings. The zero-order chi connectivity index (χ0) is 24.0. The Hall–Kier alpha value is -2.78. The van der Waals surface area contributed by atoms with E-state index < -0.39 is 10.0 Å². The quantitative estimate of drug-likeness (QED) is 0.592. The summed E-state index contributed by atoms with van der Waals surface area (Å²) in [6.45, 7) is 2.84. The molecule has 33 heavy (non-hydrogen) atoms. The van der Waals surface area contributed by atoms with E-state index in [1.165, 1.54) is 11.4 Å². The molecule has 1 aliphatic heterocycles. The van der Waals surface area contributed by atoms with Crippen molar-refractivity contribution in [2.45, 2.75) is 43.9 Å². The Labute approximate surface area is 195 Å². The zero-order valence-electron chi connectivity index (χ0n) is 19.6. The molecule has 0 unspecified atom stereocenters. The first-order chi connectivity index (χ1) is 15.8. The molecule has 9 heteroatoms. The fraction of sp³-hybridized carbons (Fsp3) is 0.458. The summed E-state index contributed by atoms with van der Waals surface area (Å²) in [4.78, 5) is 12.8. The molecule has 180 valence electrons. The molecule has 1 amide bonds. The summed E-state index contributed by atoms with van der Waals surface area (Å²) in [5.74, 6) is 1.33. The summed E-state index contributed by atoms with van der Waals surface area (Å²) in [5, 5.41) is 2.83. The summed E-state index contributed by atoms with van der Waals surface area (Å²) in [5.41, 5.74) is 1.99. The van der Waals surface area contributed by atoms with E-state index in [2.05, 4.69) is 5.32 Å². The Bertz CT molecular complexity index is 1070. The van der Waals surface area contributed by atoms with Crippen LogP contribution in [0.2, 0.25) is 0 Å². The van der Waals surface area contributed by atoms with Crippen LogP contribution in [0.25, 0.3) is 0 Å². The number of hydrogen-bond acceptors (Lipinski definition) is 6. The van der Waals surface area contributed by atoms with Crippen LogP contribution in [-0.2, 0) is 21.2 Å². The van der Waals surface area contributed by atoms with Crippen LogP contribution >= 0.6 is 0 Å². The molecule has 0 aliphatic carbocycles. The number of nitrogens with one attached hydrogen (secondary N) is 1. The van der Waals surface area contributed by atoms with Crippen molar-refractivity contribution in [3.8, 4) is 17.2 Å². The summed E-state index contributed by atoms with van der Waals surface area (Å²) >= 11 is 0. The second kappa shape index (κ2) is 10.9. The molecule has 0 spiro atoms. The molecule has 1 heterocycles. The number of hydrogen-bond donors (Lipinski definition) is 1. The minimum atomic E-state index is -3.59. The highest BCUT2D eigenvalue weighted by molar-refractivity contribution is 7.89. The summed E-state index contributed by atoms with van der Waals surface area (Å²) in [7, 11) is 1.04. The van der Waals surface area contributed by atoms with Crippen molar-refractivity contribution in [2.75, 3.05) is 39.7 Å². The molecule has 8 nitrogen and oxygen atoms in total. The molecule has 1 aliphatic rings. The van der Waals surface area contributed by atoms with E-state index in [0.717, 1.165) is 24.8 Å². The van der Waals surface area contributed by atoms with Gasteiger partial charge in [-0.15, -0.1) is 0 Å². The predicted molar refractivity (Wildman–Crippen MR) is 127 cm³/mol. The van der Waals surface area contributed by atoms with Crippen LogP contribution in [0, 0.1) is 6.92 Å². The minimum absolute atomic E-state index is 0.209. The van der Waals surface area contributed by atoms with Gasteiger partial charge in [-0.2, -0.15) is 4.31 Å². The van der Waals surface area contributed by atoms with Crippen molar-refractivity contribution in [1.29, 1.82) is 0 Å². The monoisotopic (exact) mass is 476 g/mol. The maximum atomic E-state index is 13.1. The summed E-state index contributed by atoms with van der Waals surface area (Å²) in [6, 6.07) is 8.62. The number of rotatable bonds is 9. The third kappa shape index (κ3) is 5.78. The Morgan fingerprint density at radius 3 is 2.18 bits per heavy atom. The summed E-state index contributed by atoms with van der Waals surface area (Å²) < 4.78 is 43.8. The number of aryl methyl sites for hydroxylation is 2. The molecule has 1 fully saturated rings. The average Bonchev–Trinajstić information content (AvgIpc) is 2.83. The minimum Gasteiger partial charge on any atom is -0.493 e. The largest absolute Gasteiger partial charge is 0.493 e. The van der Waals surface area contributed by atoms with E-state index in [1.807, 2.05) is 12.1 Å². The van der Waals surface area contributed by atoms with Crippen molar-refractivity contribution in [3.63, 3.8) is 0 Å². The lowest BCUT2D eigenvalue weighted by Crippen LogP contribution is -2.36. The normalized spacial score (nSPS) is 14.5. The number of carbonyl (C=O) groups is 1. The number of benzene rings is 2. The molecule has 3 rings (SSSR count). The molecular weight excluding hydrogens is 444 g/mol. The van der Waals surface area contributed by atoms with Crippen LogP contribution in [0.4, 0.5) is 5.69 Å². The first-order valence-corrected chi connectivity index (χ1v) is 12.4. The lowest BCUT2D eigenvalue weighted by molar-refractivity contribution is -0.116. The predicted octanol–water partition coefficient (Wildman–Crippen LogP) is 3.77. The number of amides is 1. The number of ether oxygens (including phenoxy) is 3. The fourth-order valence-corrected chi connectivity index (χ4v) is 5.73. The SMILES string of the molecule is COc1cc(CCC(=O)Nc2ccc(C)c(S(=O)(=O)N3CCCCC3)c2)cc(OC)c1OC. The van der Waals surface area contributed by atoms with Gasteiger partial charge < -0.3 is 19.5 Å². The molecule has 2 aromatic carbocycles. The van der Waals surface area contributed by atoms with Crippen LogP contribution < -0.4 is 19.5 Å². The maximum Gasteiger partial charge on any atom is 0.243 e. The van der Waals surface area contributed by atoms with Crippen molar-refractivity contribution >= 4 is 21.6 Å². The van der Waals surface area contributed by atoms with Crippen LogP contribution in [0.3, 0.4) is 0 Å².